The van der Waals surface area contributed by atoms with Crippen LogP contribution in [0.15, 0.2) is 10.9 Å². The summed E-state index contributed by atoms with van der Waals surface area (Å²) in [6.45, 7) is 6.83. The van der Waals surface area contributed by atoms with Crippen molar-refractivity contribution >= 4 is 15.9 Å². The van der Waals surface area contributed by atoms with Gasteiger partial charge in [0, 0.05) is 23.9 Å². The lowest BCUT2D eigenvalue weighted by Crippen LogP contribution is -2.30. The number of aromatic nitrogens is 2. The van der Waals surface area contributed by atoms with E-state index in [1.54, 1.807) is 0 Å². The Bertz CT molecular complexity index is 351. The zero-order valence-corrected chi connectivity index (χ0v) is 11.9. The summed E-state index contributed by atoms with van der Waals surface area (Å²) < 4.78 is 3.28. The van der Waals surface area contributed by atoms with Gasteiger partial charge in [-0.2, -0.15) is 0 Å². The van der Waals surface area contributed by atoms with Crippen LogP contribution in [0, 0.1) is 0 Å². The molecule has 1 fully saturated rings. The average molecular weight is 286 g/mol. The van der Waals surface area contributed by atoms with Gasteiger partial charge in [0.15, 0.2) is 4.73 Å². The van der Waals surface area contributed by atoms with Gasteiger partial charge in [0.2, 0.25) is 0 Å². The third-order valence-electron chi connectivity index (χ3n) is 3.43. The van der Waals surface area contributed by atoms with E-state index in [1.165, 1.54) is 31.6 Å². The van der Waals surface area contributed by atoms with Crippen LogP contribution in [0.3, 0.4) is 0 Å². The summed E-state index contributed by atoms with van der Waals surface area (Å²) in [6, 6.07) is 0.478. The topological polar surface area (TPSA) is 21.1 Å². The Morgan fingerprint density at radius 1 is 1.38 bits per heavy atom. The lowest BCUT2D eigenvalue weighted by Gasteiger charge is -2.30. The average Bonchev–Trinajstić information content (AvgIpc) is 2.61. The fourth-order valence-corrected chi connectivity index (χ4v) is 3.18. The molecule has 0 amide bonds. The Morgan fingerprint density at radius 3 is 2.56 bits per heavy atom. The molecule has 0 spiro atoms. The van der Waals surface area contributed by atoms with Crippen LogP contribution in [0.5, 0.6) is 0 Å². The molecule has 1 aromatic rings. The van der Waals surface area contributed by atoms with Gasteiger partial charge in [0.05, 0.1) is 0 Å². The highest BCUT2D eigenvalue weighted by molar-refractivity contribution is 9.10. The van der Waals surface area contributed by atoms with E-state index in [0.717, 1.165) is 4.73 Å². The summed E-state index contributed by atoms with van der Waals surface area (Å²) in [4.78, 5) is 6.80. The molecule has 0 N–H and O–H groups in total. The highest BCUT2D eigenvalue weighted by Crippen LogP contribution is 2.31. The number of rotatable bonds is 2. The summed E-state index contributed by atoms with van der Waals surface area (Å²) in [6.07, 6.45) is 4.54. The second kappa shape index (κ2) is 4.88. The Labute approximate surface area is 106 Å². The molecule has 16 heavy (non-hydrogen) atoms. The van der Waals surface area contributed by atoms with Crippen molar-refractivity contribution in [1.82, 2.24) is 14.5 Å². The van der Waals surface area contributed by atoms with Crippen molar-refractivity contribution in [3.05, 3.63) is 16.6 Å². The second-order valence-electron chi connectivity index (χ2n) is 4.99. The lowest BCUT2D eigenvalue weighted by molar-refractivity contribution is 0.250. The number of halogens is 1. The van der Waals surface area contributed by atoms with Crippen LogP contribution in [0.1, 0.15) is 44.3 Å². The molecule has 0 radical (unpaired) electrons. The zero-order valence-electron chi connectivity index (χ0n) is 10.3. The molecular formula is C12H20BrN3. The van der Waals surface area contributed by atoms with Crippen LogP contribution < -0.4 is 0 Å². The highest BCUT2D eigenvalue weighted by atomic mass is 79.9. The maximum atomic E-state index is 4.40. The molecule has 90 valence electrons. The van der Waals surface area contributed by atoms with Crippen molar-refractivity contribution in [3.8, 4) is 0 Å². The van der Waals surface area contributed by atoms with Crippen LogP contribution in [0.4, 0.5) is 0 Å². The fraction of sp³-hybridized carbons (Fsp3) is 0.750. The summed E-state index contributed by atoms with van der Waals surface area (Å²) in [7, 11) is 2.20. The van der Waals surface area contributed by atoms with Crippen LogP contribution >= 0.6 is 15.9 Å². The van der Waals surface area contributed by atoms with E-state index in [-0.39, 0.29) is 0 Å². The predicted octanol–water partition coefficient (Wildman–Crippen LogP) is 3.04. The van der Waals surface area contributed by atoms with Crippen molar-refractivity contribution in [1.29, 1.82) is 0 Å². The molecule has 1 aliphatic heterocycles. The molecule has 0 saturated carbocycles. The maximum Gasteiger partial charge on any atom is 0.177 e. The van der Waals surface area contributed by atoms with E-state index in [1.807, 2.05) is 6.20 Å². The van der Waals surface area contributed by atoms with Crippen molar-refractivity contribution in [2.75, 3.05) is 20.1 Å². The normalized spacial score (nSPS) is 19.6. The molecular weight excluding hydrogens is 266 g/mol. The Hall–Kier alpha value is -0.350. The van der Waals surface area contributed by atoms with Gasteiger partial charge < -0.3 is 9.47 Å². The fourth-order valence-electron chi connectivity index (χ4n) is 2.47. The lowest BCUT2D eigenvalue weighted by atomic mass is 9.94. The van der Waals surface area contributed by atoms with E-state index in [4.69, 9.17) is 0 Å². The van der Waals surface area contributed by atoms with Gasteiger partial charge in [-0.05, 0) is 62.8 Å². The molecule has 3 nitrogen and oxygen atoms in total. The van der Waals surface area contributed by atoms with Crippen molar-refractivity contribution in [2.45, 2.75) is 38.6 Å². The molecule has 0 bridgehead atoms. The van der Waals surface area contributed by atoms with E-state index >= 15 is 0 Å². The Kier molecular flexibility index (Phi) is 3.70. The minimum Gasteiger partial charge on any atom is -0.320 e. The van der Waals surface area contributed by atoms with Gasteiger partial charge in [0.1, 0.15) is 0 Å². The van der Waals surface area contributed by atoms with Gasteiger partial charge in [-0.1, -0.05) is 0 Å². The third kappa shape index (κ3) is 2.33. The first-order valence-corrected chi connectivity index (χ1v) is 6.80. The maximum absolute atomic E-state index is 4.40. The molecule has 2 rings (SSSR count). The number of imidazole rings is 1. The molecule has 1 aromatic heterocycles. The van der Waals surface area contributed by atoms with E-state index < -0.39 is 0 Å². The van der Waals surface area contributed by atoms with E-state index in [0.29, 0.717) is 12.0 Å². The standard InChI is InChI=1S/C12H20BrN3/c1-9(2)16-11(8-14-12(16)13)10-4-6-15(3)7-5-10/h8-10H,4-7H2,1-3H3. The van der Waals surface area contributed by atoms with Gasteiger partial charge in [-0.3, -0.25) is 0 Å². The quantitative estimate of drug-likeness (QED) is 0.833. The van der Waals surface area contributed by atoms with Crippen molar-refractivity contribution in [2.24, 2.45) is 0 Å². The van der Waals surface area contributed by atoms with Crippen molar-refractivity contribution in [3.63, 3.8) is 0 Å². The van der Waals surface area contributed by atoms with Gasteiger partial charge in [0.25, 0.3) is 0 Å². The first-order valence-electron chi connectivity index (χ1n) is 6.00. The van der Waals surface area contributed by atoms with Gasteiger partial charge in [-0.15, -0.1) is 0 Å². The molecule has 0 atom stereocenters. The smallest absolute Gasteiger partial charge is 0.177 e. The summed E-state index contributed by atoms with van der Waals surface area (Å²) in [5.74, 6) is 0.678. The van der Waals surface area contributed by atoms with Crippen LogP contribution in [-0.4, -0.2) is 34.6 Å². The number of likely N-dealkylation sites (tertiary alicyclic amines) is 1. The summed E-state index contributed by atoms with van der Waals surface area (Å²) >= 11 is 3.54. The second-order valence-corrected chi connectivity index (χ2v) is 5.70. The highest BCUT2D eigenvalue weighted by Gasteiger charge is 2.23. The van der Waals surface area contributed by atoms with Gasteiger partial charge in [-0.25, -0.2) is 4.98 Å². The summed E-state index contributed by atoms with van der Waals surface area (Å²) in [5.41, 5.74) is 1.40. The number of hydrogen-bond acceptors (Lipinski definition) is 2. The minimum absolute atomic E-state index is 0.478. The van der Waals surface area contributed by atoms with Crippen LogP contribution in [-0.2, 0) is 0 Å². The molecule has 4 heteroatoms. The minimum atomic E-state index is 0.478. The van der Waals surface area contributed by atoms with Crippen molar-refractivity contribution < 1.29 is 0 Å². The monoisotopic (exact) mass is 285 g/mol. The Balaban J connectivity index is 2.20. The SMILES string of the molecule is CC(C)n1c(C2CCN(C)CC2)cnc1Br. The number of hydrogen-bond donors (Lipinski definition) is 0. The molecule has 2 heterocycles. The largest absolute Gasteiger partial charge is 0.320 e. The Morgan fingerprint density at radius 2 is 2.00 bits per heavy atom. The molecule has 0 unspecified atom stereocenters. The van der Waals surface area contributed by atoms with E-state index in [9.17, 15) is 0 Å². The third-order valence-corrected chi connectivity index (χ3v) is 4.02. The molecule has 0 aromatic carbocycles. The first-order chi connectivity index (χ1) is 7.59. The van der Waals surface area contributed by atoms with Crippen LogP contribution in [0.25, 0.3) is 0 Å². The zero-order chi connectivity index (χ0) is 11.7. The molecule has 1 saturated heterocycles. The number of piperidine rings is 1. The van der Waals surface area contributed by atoms with Gasteiger partial charge >= 0.3 is 0 Å². The molecule has 0 aliphatic carbocycles. The predicted molar refractivity (Wildman–Crippen MR) is 69.8 cm³/mol. The summed E-state index contributed by atoms with van der Waals surface area (Å²) in [5, 5.41) is 0. The van der Waals surface area contributed by atoms with Crippen LogP contribution in [0.2, 0.25) is 0 Å². The number of nitrogens with zero attached hydrogens (tertiary/aromatic N) is 3. The molecule has 1 aliphatic rings. The van der Waals surface area contributed by atoms with E-state index in [2.05, 4.69) is 51.3 Å². The first kappa shape index (κ1) is 12.1.